The second-order valence-electron chi connectivity index (χ2n) is 4.00. The van der Waals surface area contributed by atoms with Crippen LogP contribution in [0.25, 0.3) is 0 Å². The minimum atomic E-state index is 0.919. The lowest BCUT2D eigenvalue weighted by atomic mass is 10.2. The summed E-state index contributed by atoms with van der Waals surface area (Å²) in [5, 5.41) is 2.53. The molecule has 1 aromatic rings. The molecule has 0 amide bonds. The van der Waals surface area contributed by atoms with Crippen LogP contribution in [0.3, 0.4) is 0 Å². The minimum Gasteiger partial charge on any atom is -0.339 e. The maximum atomic E-state index is 2.53. The van der Waals surface area contributed by atoms with Crippen molar-refractivity contribution in [2.75, 3.05) is 0 Å². The zero-order valence-corrected chi connectivity index (χ0v) is 9.07. The maximum Gasteiger partial charge on any atom is 0.111 e. The molecular formula is C11H18NS+. The van der Waals surface area contributed by atoms with Crippen LogP contribution >= 0.6 is 11.3 Å². The van der Waals surface area contributed by atoms with Crippen molar-refractivity contribution in [1.29, 1.82) is 0 Å². The zero-order valence-electron chi connectivity index (χ0n) is 8.25. The van der Waals surface area contributed by atoms with Crippen LogP contribution in [0.2, 0.25) is 0 Å². The number of thiophene rings is 1. The van der Waals surface area contributed by atoms with Crippen LogP contribution < -0.4 is 5.32 Å². The number of quaternary nitrogens is 1. The molecule has 2 N–H and O–H groups in total. The van der Waals surface area contributed by atoms with Crippen LogP contribution in [0.1, 0.15) is 35.4 Å². The van der Waals surface area contributed by atoms with Crippen LogP contribution in [0.5, 0.6) is 0 Å². The van der Waals surface area contributed by atoms with Gasteiger partial charge in [-0.3, -0.25) is 0 Å². The van der Waals surface area contributed by atoms with Crippen molar-refractivity contribution in [2.45, 2.75) is 45.2 Å². The van der Waals surface area contributed by atoms with E-state index in [0.29, 0.717) is 0 Å². The standard InChI is InChI=1S/C11H17NS/c1-9-6-7-11(13-9)8-12-10-4-2-3-5-10/h6-7,10,12H,2-5,8H2,1H3/p+1. The Labute approximate surface area is 84.2 Å². The molecule has 0 saturated heterocycles. The Morgan fingerprint density at radius 2 is 2.15 bits per heavy atom. The molecule has 13 heavy (non-hydrogen) atoms. The average Bonchev–Trinajstić information content (AvgIpc) is 2.71. The molecule has 2 heteroatoms. The van der Waals surface area contributed by atoms with Gasteiger partial charge in [-0.05, 0) is 44.7 Å². The van der Waals surface area contributed by atoms with Gasteiger partial charge in [0.1, 0.15) is 6.54 Å². The highest BCUT2D eigenvalue weighted by molar-refractivity contribution is 7.11. The highest BCUT2D eigenvalue weighted by Crippen LogP contribution is 2.16. The Hall–Kier alpha value is -0.340. The van der Waals surface area contributed by atoms with Crippen molar-refractivity contribution >= 4 is 11.3 Å². The van der Waals surface area contributed by atoms with Crippen molar-refractivity contribution in [3.05, 3.63) is 21.9 Å². The van der Waals surface area contributed by atoms with E-state index in [4.69, 9.17) is 0 Å². The SMILES string of the molecule is Cc1ccc(C[NH2+]C2CCCC2)s1. The molecule has 0 atom stereocenters. The molecule has 1 aliphatic rings. The number of rotatable bonds is 3. The largest absolute Gasteiger partial charge is 0.339 e. The van der Waals surface area contributed by atoms with Crippen molar-refractivity contribution in [3.8, 4) is 0 Å². The first-order valence-corrected chi connectivity index (χ1v) is 6.05. The Morgan fingerprint density at radius 3 is 2.77 bits per heavy atom. The van der Waals surface area contributed by atoms with Crippen molar-refractivity contribution in [2.24, 2.45) is 0 Å². The van der Waals surface area contributed by atoms with E-state index in [2.05, 4.69) is 24.4 Å². The van der Waals surface area contributed by atoms with Crippen LogP contribution in [-0.4, -0.2) is 6.04 Å². The summed E-state index contributed by atoms with van der Waals surface area (Å²) in [5.41, 5.74) is 0. The molecule has 0 aromatic carbocycles. The van der Waals surface area contributed by atoms with Crippen LogP contribution in [0, 0.1) is 6.92 Å². The van der Waals surface area contributed by atoms with E-state index < -0.39 is 0 Å². The molecule has 1 aromatic heterocycles. The Balaban J connectivity index is 1.78. The Kier molecular flexibility index (Phi) is 3.01. The van der Waals surface area contributed by atoms with Gasteiger partial charge in [-0.15, -0.1) is 11.3 Å². The molecule has 0 bridgehead atoms. The number of hydrogen-bond donors (Lipinski definition) is 1. The Morgan fingerprint density at radius 1 is 1.38 bits per heavy atom. The van der Waals surface area contributed by atoms with Gasteiger partial charge in [-0.2, -0.15) is 0 Å². The van der Waals surface area contributed by atoms with Gasteiger partial charge in [-0.25, -0.2) is 0 Å². The highest BCUT2D eigenvalue weighted by atomic mass is 32.1. The third-order valence-corrected chi connectivity index (χ3v) is 3.87. The van der Waals surface area contributed by atoms with Crippen molar-refractivity contribution in [3.63, 3.8) is 0 Å². The third kappa shape index (κ3) is 2.55. The van der Waals surface area contributed by atoms with Crippen LogP contribution in [0.15, 0.2) is 12.1 Å². The molecule has 0 unspecified atom stereocenters. The summed E-state index contributed by atoms with van der Waals surface area (Å²) in [4.78, 5) is 2.97. The maximum absolute atomic E-state index is 2.53. The summed E-state index contributed by atoms with van der Waals surface area (Å²) < 4.78 is 0. The van der Waals surface area contributed by atoms with Gasteiger partial charge in [-0.1, -0.05) is 0 Å². The second-order valence-corrected chi connectivity index (χ2v) is 5.37. The fourth-order valence-electron chi connectivity index (χ4n) is 2.07. The molecule has 0 radical (unpaired) electrons. The van der Waals surface area contributed by atoms with Crippen LogP contribution in [-0.2, 0) is 6.54 Å². The summed E-state index contributed by atoms with van der Waals surface area (Å²) in [6, 6.07) is 5.41. The molecule has 2 rings (SSSR count). The Bertz CT molecular complexity index is 261. The molecule has 1 saturated carbocycles. The molecule has 0 spiro atoms. The first kappa shape index (κ1) is 9.22. The fraction of sp³-hybridized carbons (Fsp3) is 0.636. The predicted octanol–water partition coefficient (Wildman–Crippen LogP) is 2.06. The highest BCUT2D eigenvalue weighted by Gasteiger charge is 2.17. The number of nitrogens with two attached hydrogens (primary N) is 1. The van der Waals surface area contributed by atoms with Gasteiger partial charge in [0.05, 0.1) is 10.9 Å². The van der Waals surface area contributed by atoms with Crippen molar-refractivity contribution in [1.82, 2.24) is 0 Å². The lowest BCUT2D eigenvalue weighted by molar-refractivity contribution is -0.702. The predicted molar refractivity (Wildman–Crippen MR) is 56.9 cm³/mol. The minimum absolute atomic E-state index is 0.919. The monoisotopic (exact) mass is 196 g/mol. The van der Waals surface area contributed by atoms with Gasteiger partial charge in [0.25, 0.3) is 0 Å². The van der Waals surface area contributed by atoms with E-state index in [1.54, 1.807) is 0 Å². The molecule has 1 nitrogen and oxygen atoms in total. The molecule has 0 aliphatic heterocycles. The molecular weight excluding hydrogens is 178 g/mol. The second kappa shape index (κ2) is 4.25. The van der Waals surface area contributed by atoms with Gasteiger partial charge >= 0.3 is 0 Å². The fourth-order valence-corrected chi connectivity index (χ4v) is 2.94. The lowest BCUT2D eigenvalue weighted by Crippen LogP contribution is -2.87. The summed E-state index contributed by atoms with van der Waals surface area (Å²) in [7, 11) is 0. The molecule has 72 valence electrons. The van der Waals surface area contributed by atoms with Gasteiger partial charge < -0.3 is 5.32 Å². The average molecular weight is 196 g/mol. The van der Waals surface area contributed by atoms with Crippen molar-refractivity contribution < 1.29 is 5.32 Å². The first-order chi connectivity index (χ1) is 6.34. The van der Waals surface area contributed by atoms with E-state index in [1.165, 1.54) is 42.0 Å². The van der Waals surface area contributed by atoms with E-state index >= 15 is 0 Å². The molecule has 1 heterocycles. The van der Waals surface area contributed by atoms with Gasteiger partial charge in [0, 0.05) is 4.88 Å². The summed E-state index contributed by atoms with van der Waals surface area (Å²) in [5.74, 6) is 0. The van der Waals surface area contributed by atoms with E-state index in [9.17, 15) is 0 Å². The van der Waals surface area contributed by atoms with E-state index in [1.807, 2.05) is 11.3 Å². The molecule has 1 aliphatic carbocycles. The smallest absolute Gasteiger partial charge is 0.111 e. The molecule has 1 fully saturated rings. The van der Waals surface area contributed by atoms with E-state index in [0.717, 1.165) is 6.04 Å². The lowest BCUT2D eigenvalue weighted by Gasteiger charge is -2.06. The quantitative estimate of drug-likeness (QED) is 0.762. The number of hydrogen-bond acceptors (Lipinski definition) is 1. The number of aryl methyl sites for hydroxylation is 1. The summed E-state index contributed by atoms with van der Waals surface area (Å²) in [6.45, 7) is 3.38. The first-order valence-electron chi connectivity index (χ1n) is 5.23. The summed E-state index contributed by atoms with van der Waals surface area (Å²) >= 11 is 1.94. The zero-order chi connectivity index (χ0) is 9.10. The van der Waals surface area contributed by atoms with Crippen LogP contribution in [0.4, 0.5) is 0 Å². The van der Waals surface area contributed by atoms with E-state index in [-0.39, 0.29) is 0 Å². The normalized spacial score (nSPS) is 18.2. The summed E-state index contributed by atoms with van der Waals surface area (Å²) in [6.07, 6.45) is 5.77. The van der Waals surface area contributed by atoms with Gasteiger partial charge in [0.2, 0.25) is 0 Å². The third-order valence-electron chi connectivity index (χ3n) is 2.85. The topological polar surface area (TPSA) is 16.6 Å². The van der Waals surface area contributed by atoms with Gasteiger partial charge in [0.15, 0.2) is 0 Å².